The number of benzene rings is 3. The van der Waals surface area contributed by atoms with Crippen LogP contribution in [0.1, 0.15) is 22.8 Å². The third-order valence-electron chi connectivity index (χ3n) is 4.65. The van der Waals surface area contributed by atoms with E-state index >= 15 is 4.39 Å². The number of carbonyl (C=O) groups is 1. The van der Waals surface area contributed by atoms with Gasteiger partial charge < -0.3 is 21.1 Å². The highest BCUT2D eigenvalue weighted by Gasteiger charge is 2.28. The number of ether oxygens (including phenoxy) is 1. The number of nitrogens with two attached hydrogens (primary N) is 1. The second kappa shape index (κ2) is 9.82. The molecule has 1 amide bonds. The standard InChI is InChI=1S/C23H22F2N4O2/c1-31-21(23(30)28-13-14-7-9-15(10-8-14)22(26)27)19-17(24)11-12-18(20(19)25)29-16-5-3-2-4-6-16/h2-12,21,29H,13H2,1H3,(H3,26,27)(H,28,30)/t21-/m0/s1. The number of amidine groups is 1. The Kier molecular flexibility index (Phi) is 6.94. The van der Waals surface area contributed by atoms with Crippen LogP contribution in [0.15, 0.2) is 66.7 Å². The van der Waals surface area contributed by atoms with Crippen molar-refractivity contribution < 1.29 is 18.3 Å². The summed E-state index contributed by atoms with van der Waals surface area (Å²) < 4.78 is 34.7. The average Bonchev–Trinajstić information content (AvgIpc) is 2.78. The van der Waals surface area contributed by atoms with Gasteiger partial charge in [0.25, 0.3) is 5.91 Å². The highest BCUT2D eigenvalue weighted by Crippen LogP contribution is 2.30. The molecule has 0 radical (unpaired) electrons. The number of hydrogen-bond acceptors (Lipinski definition) is 4. The van der Waals surface area contributed by atoms with E-state index in [4.69, 9.17) is 15.9 Å². The Balaban J connectivity index is 1.78. The molecule has 160 valence electrons. The summed E-state index contributed by atoms with van der Waals surface area (Å²) in [5.74, 6) is -2.54. The molecule has 0 aliphatic heterocycles. The van der Waals surface area contributed by atoms with E-state index in [0.29, 0.717) is 11.3 Å². The minimum absolute atomic E-state index is 0.0253. The molecule has 3 aromatic rings. The van der Waals surface area contributed by atoms with E-state index in [9.17, 15) is 9.18 Å². The van der Waals surface area contributed by atoms with Crippen LogP contribution >= 0.6 is 0 Å². The first kappa shape index (κ1) is 21.9. The molecule has 8 heteroatoms. The molecule has 0 unspecified atom stereocenters. The van der Waals surface area contributed by atoms with Crippen LogP contribution in [0.3, 0.4) is 0 Å². The Hall–Kier alpha value is -3.78. The molecule has 0 heterocycles. The van der Waals surface area contributed by atoms with Gasteiger partial charge in [0.1, 0.15) is 11.7 Å². The number of methoxy groups -OCH3 is 1. The number of carbonyl (C=O) groups excluding carboxylic acids is 1. The van der Waals surface area contributed by atoms with E-state index in [2.05, 4.69) is 10.6 Å². The maximum atomic E-state index is 15.1. The number of rotatable bonds is 8. The predicted octanol–water partition coefficient (Wildman–Crippen LogP) is 4.00. The van der Waals surface area contributed by atoms with Crippen molar-refractivity contribution in [1.82, 2.24) is 5.32 Å². The zero-order chi connectivity index (χ0) is 22.4. The SMILES string of the molecule is CO[C@H](C(=O)NCc1ccc(C(=N)N)cc1)c1c(F)ccc(Nc2ccccc2)c1F. The second-order valence-electron chi connectivity index (χ2n) is 6.76. The second-order valence-corrected chi connectivity index (χ2v) is 6.76. The van der Waals surface area contributed by atoms with Crippen LogP contribution in [0.2, 0.25) is 0 Å². The normalized spacial score (nSPS) is 11.6. The van der Waals surface area contributed by atoms with E-state index in [-0.39, 0.29) is 18.1 Å². The minimum Gasteiger partial charge on any atom is -0.384 e. The van der Waals surface area contributed by atoms with Crippen LogP contribution in [-0.4, -0.2) is 18.9 Å². The molecule has 0 spiro atoms. The molecule has 3 rings (SSSR count). The molecule has 6 nitrogen and oxygen atoms in total. The van der Waals surface area contributed by atoms with Crippen molar-refractivity contribution in [2.45, 2.75) is 12.6 Å². The number of nitrogens with one attached hydrogen (secondary N) is 3. The Morgan fingerprint density at radius 3 is 2.35 bits per heavy atom. The first-order valence-electron chi connectivity index (χ1n) is 9.44. The fourth-order valence-corrected chi connectivity index (χ4v) is 3.02. The van der Waals surface area contributed by atoms with Gasteiger partial charge in [-0.3, -0.25) is 10.2 Å². The first-order chi connectivity index (χ1) is 14.9. The summed E-state index contributed by atoms with van der Waals surface area (Å²) in [7, 11) is 1.21. The highest BCUT2D eigenvalue weighted by atomic mass is 19.1. The molecule has 0 aromatic heterocycles. The maximum absolute atomic E-state index is 15.1. The summed E-state index contributed by atoms with van der Waals surface area (Å²) in [6.45, 7) is 0.113. The fraction of sp³-hybridized carbons (Fsp3) is 0.130. The third kappa shape index (κ3) is 5.23. The maximum Gasteiger partial charge on any atom is 0.254 e. The molecule has 0 aliphatic rings. The van der Waals surface area contributed by atoms with Crippen molar-refractivity contribution in [3.05, 3.63) is 95.1 Å². The van der Waals surface area contributed by atoms with Gasteiger partial charge in [0, 0.05) is 24.9 Å². The molecule has 0 fully saturated rings. The topological polar surface area (TPSA) is 100 Å². The van der Waals surface area contributed by atoms with E-state index < -0.39 is 29.2 Å². The Morgan fingerprint density at radius 2 is 1.74 bits per heavy atom. The third-order valence-corrected chi connectivity index (χ3v) is 4.65. The summed E-state index contributed by atoms with van der Waals surface area (Å²) >= 11 is 0. The van der Waals surface area contributed by atoms with Gasteiger partial charge in [-0.1, -0.05) is 42.5 Å². The number of nitrogen functional groups attached to an aromatic ring is 1. The van der Waals surface area contributed by atoms with Crippen molar-refractivity contribution in [2.24, 2.45) is 5.73 Å². The molecular formula is C23H22F2N4O2. The van der Waals surface area contributed by atoms with Gasteiger partial charge in [-0.15, -0.1) is 0 Å². The quantitative estimate of drug-likeness (QED) is 0.324. The van der Waals surface area contributed by atoms with Gasteiger partial charge in [-0.05, 0) is 29.8 Å². The molecule has 0 saturated heterocycles. The molecule has 0 saturated carbocycles. The lowest BCUT2D eigenvalue weighted by atomic mass is 10.0. The lowest BCUT2D eigenvalue weighted by Gasteiger charge is -2.19. The van der Waals surface area contributed by atoms with Crippen LogP contribution in [0.4, 0.5) is 20.2 Å². The number of halogens is 2. The van der Waals surface area contributed by atoms with Gasteiger partial charge in [-0.2, -0.15) is 0 Å². The highest BCUT2D eigenvalue weighted by molar-refractivity contribution is 5.94. The number of amides is 1. The first-order valence-corrected chi connectivity index (χ1v) is 9.44. The Morgan fingerprint density at radius 1 is 1.06 bits per heavy atom. The van der Waals surface area contributed by atoms with Crippen LogP contribution in [-0.2, 0) is 16.1 Å². The molecule has 31 heavy (non-hydrogen) atoms. The van der Waals surface area contributed by atoms with Gasteiger partial charge in [-0.25, -0.2) is 8.78 Å². The van der Waals surface area contributed by atoms with Crippen LogP contribution < -0.4 is 16.4 Å². The largest absolute Gasteiger partial charge is 0.384 e. The van der Waals surface area contributed by atoms with Gasteiger partial charge in [0.05, 0.1) is 11.3 Å². The average molecular weight is 424 g/mol. The smallest absolute Gasteiger partial charge is 0.254 e. The Bertz CT molecular complexity index is 1070. The Labute approximate surface area is 178 Å². The van der Waals surface area contributed by atoms with Crippen molar-refractivity contribution in [3.8, 4) is 0 Å². The summed E-state index contributed by atoms with van der Waals surface area (Å²) in [5, 5.41) is 12.9. The summed E-state index contributed by atoms with van der Waals surface area (Å²) in [4.78, 5) is 12.7. The number of para-hydroxylation sites is 1. The van der Waals surface area contributed by atoms with E-state index in [0.717, 1.165) is 11.6 Å². The number of anilines is 2. The molecule has 1 atom stereocenters. The van der Waals surface area contributed by atoms with E-state index in [1.807, 2.05) is 6.07 Å². The molecule has 0 aliphatic carbocycles. The summed E-state index contributed by atoms with van der Waals surface area (Å²) in [6, 6.07) is 17.9. The summed E-state index contributed by atoms with van der Waals surface area (Å²) in [5.41, 5.74) is 6.86. The summed E-state index contributed by atoms with van der Waals surface area (Å²) in [6.07, 6.45) is -1.48. The van der Waals surface area contributed by atoms with E-state index in [1.165, 1.54) is 13.2 Å². The van der Waals surface area contributed by atoms with Gasteiger partial charge >= 0.3 is 0 Å². The van der Waals surface area contributed by atoms with Gasteiger partial charge in [0.15, 0.2) is 11.9 Å². The van der Waals surface area contributed by atoms with Crippen LogP contribution in [0.25, 0.3) is 0 Å². The van der Waals surface area contributed by atoms with Crippen LogP contribution in [0.5, 0.6) is 0 Å². The predicted molar refractivity (Wildman–Crippen MR) is 115 cm³/mol. The molecule has 0 bridgehead atoms. The zero-order valence-electron chi connectivity index (χ0n) is 16.8. The van der Waals surface area contributed by atoms with Crippen molar-refractivity contribution in [1.29, 1.82) is 5.41 Å². The van der Waals surface area contributed by atoms with Crippen molar-refractivity contribution in [3.63, 3.8) is 0 Å². The van der Waals surface area contributed by atoms with E-state index in [1.54, 1.807) is 48.5 Å². The molecule has 5 N–H and O–H groups in total. The van der Waals surface area contributed by atoms with Crippen LogP contribution in [0, 0.1) is 17.0 Å². The zero-order valence-corrected chi connectivity index (χ0v) is 16.8. The molecular weight excluding hydrogens is 402 g/mol. The number of hydrogen-bond donors (Lipinski definition) is 4. The minimum atomic E-state index is -1.48. The molecule has 3 aromatic carbocycles. The lowest BCUT2D eigenvalue weighted by Crippen LogP contribution is -2.31. The van der Waals surface area contributed by atoms with Crippen molar-refractivity contribution in [2.75, 3.05) is 12.4 Å². The lowest BCUT2D eigenvalue weighted by molar-refractivity contribution is -0.131. The monoisotopic (exact) mass is 424 g/mol. The van der Waals surface area contributed by atoms with Crippen molar-refractivity contribution >= 4 is 23.1 Å². The van der Waals surface area contributed by atoms with Gasteiger partial charge in [0.2, 0.25) is 0 Å². The fourth-order valence-electron chi connectivity index (χ4n) is 3.02.